The van der Waals surface area contributed by atoms with Crippen molar-refractivity contribution >= 4 is 11.9 Å². The number of ether oxygens (including phenoxy) is 2. The summed E-state index contributed by atoms with van der Waals surface area (Å²) in [6, 6.07) is 0. The van der Waals surface area contributed by atoms with Gasteiger partial charge in [0, 0.05) is 12.2 Å². The molecule has 1 aliphatic carbocycles. The van der Waals surface area contributed by atoms with Crippen molar-refractivity contribution in [2.75, 3.05) is 0 Å². The summed E-state index contributed by atoms with van der Waals surface area (Å²) in [5, 5.41) is 0. The molecule has 1 saturated carbocycles. The van der Waals surface area contributed by atoms with Crippen molar-refractivity contribution in [1.82, 2.24) is 0 Å². The quantitative estimate of drug-likeness (QED) is 0.585. The van der Waals surface area contributed by atoms with Crippen LogP contribution in [0, 0.1) is 0 Å². The summed E-state index contributed by atoms with van der Waals surface area (Å²) in [7, 11) is 0. The minimum atomic E-state index is -0.347. The molecule has 1 aliphatic rings. The van der Waals surface area contributed by atoms with E-state index in [2.05, 4.69) is 0 Å². The third kappa shape index (κ3) is 6.04. The normalized spacial score (nSPS) is 19.7. The van der Waals surface area contributed by atoms with Gasteiger partial charge < -0.3 is 9.47 Å². The number of rotatable bonds is 4. The molecule has 0 aromatic rings. The van der Waals surface area contributed by atoms with Crippen molar-refractivity contribution < 1.29 is 19.1 Å². The van der Waals surface area contributed by atoms with Gasteiger partial charge in [-0.2, -0.15) is 0 Å². The Labute approximate surface area is 120 Å². The molecule has 0 amide bonds. The Morgan fingerprint density at radius 1 is 0.850 bits per heavy atom. The molecular weight excluding hydrogens is 256 g/mol. The number of allylic oxidation sites excluding steroid dienone is 2. The van der Waals surface area contributed by atoms with Crippen LogP contribution in [0.4, 0.5) is 0 Å². The maximum atomic E-state index is 11.7. The van der Waals surface area contributed by atoms with E-state index >= 15 is 0 Å². The predicted octanol–water partition coefficient (Wildman–Crippen LogP) is 3.32. The maximum absolute atomic E-state index is 11.7. The zero-order chi connectivity index (χ0) is 15.1. The first-order chi connectivity index (χ1) is 9.38. The van der Waals surface area contributed by atoms with E-state index in [0.717, 1.165) is 36.8 Å². The van der Waals surface area contributed by atoms with Crippen LogP contribution in [-0.2, 0) is 19.1 Å². The Kier molecular flexibility index (Phi) is 6.49. The van der Waals surface area contributed by atoms with E-state index in [1.165, 1.54) is 12.2 Å². The minimum absolute atomic E-state index is 0.138. The third-order valence-corrected chi connectivity index (χ3v) is 2.84. The highest BCUT2D eigenvalue weighted by atomic mass is 16.5. The van der Waals surface area contributed by atoms with Crippen molar-refractivity contribution in [3.8, 4) is 0 Å². The molecule has 20 heavy (non-hydrogen) atoms. The van der Waals surface area contributed by atoms with E-state index in [1.54, 1.807) is 0 Å². The first-order valence-corrected chi connectivity index (χ1v) is 7.21. The predicted molar refractivity (Wildman–Crippen MR) is 77.1 cm³/mol. The van der Waals surface area contributed by atoms with E-state index in [9.17, 15) is 9.59 Å². The lowest BCUT2D eigenvalue weighted by molar-refractivity contribution is -0.142. The van der Waals surface area contributed by atoms with Gasteiger partial charge >= 0.3 is 11.9 Å². The smallest absolute Gasteiger partial charge is 0.331 e. The SMILES string of the molecule is CC(C)OC(=O)/C=C1/CCCC/C1=C\C(=O)OC(C)C. The van der Waals surface area contributed by atoms with Crippen molar-refractivity contribution in [2.24, 2.45) is 0 Å². The number of hydrogen-bond acceptors (Lipinski definition) is 4. The highest BCUT2D eigenvalue weighted by Gasteiger charge is 2.16. The summed E-state index contributed by atoms with van der Waals surface area (Å²) >= 11 is 0. The summed E-state index contributed by atoms with van der Waals surface area (Å²) in [4.78, 5) is 23.4. The molecule has 4 heteroatoms. The van der Waals surface area contributed by atoms with Crippen LogP contribution in [0.15, 0.2) is 23.3 Å². The lowest BCUT2D eigenvalue weighted by Gasteiger charge is -2.18. The van der Waals surface area contributed by atoms with Gasteiger partial charge in [-0.15, -0.1) is 0 Å². The van der Waals surface area contributed by atoms with E-state index < -0.39 is 0 Å². The van der Waals surface area contributed by atoms with Gasteiger partial charge in [0.1, 0.15) is 0 Å². The number of carbonyl (C=O) groups is 2. The number of carbonyl (C=O) groups excluding carboxylic acids is 2. The molecule has 0 spiro atoms. The standard InChI is InChI=1S/C16H24O4/c1-11(2)19-15(17)9-13-7-5-6-8-14(13)10-16(18)20-12(3)4/h9-12H,5-8H2,1-4H3/b13-9-,14-10+. The van der Waals surface area contributed by atoms with Crippen molar-refractivity contribution in [3.63, 3.8) is 0 Å². The Morgan fingerprint density at radius 2 is 1.20 bits per heavy atom. The number of hydrogen-bond donors (Lipinski definition) is 0. The summed E-state index contributed by atoms with van der Waals surface area (Å²) in [5.74, 6) is -0.694. The van der Waals surface area contributed by atoms with E-state index in [-0.39, 0.29) is 24.1 Å². The molecule has 1 fully saturated rings. The van der Waals surface area contributed by atoms with Crippen LogP contribution in [0.2, 0.25) is 0 Å². The molecule has 0 atom stereocenters. The van der Waals surface area contributed by atoms with E-state index in [1.807, 2.05) is 27.7 Å². The van der Waals surface area contributed by atoms with Crippen LogP contribution in [-0.4, -0.2) is 24.1 Å². The zero-order valence-corrected chi connectivity index (χ0v) is 12.8. The average Bonchev–Trinajstić information content (AvgIpc) is 2.29. The van der Waals surface area contributed by atoms with Gasteiger partial charge in [0.2, 0.25) is 0 Å². The fourth-order valence-electron chi connectivity index (χ4n) is 2.10. The molecule has 0 bridgehead atoms. The third-order valence-electron chi connectivity index (χ3n) is 2.84. The van der Waals surface area contributed by atoms with Gasteiger partial charge in [0.15, 0.2) is 0 Å². The lowest BCUT2D eigenvalue weighted by atomic mass is 9.89. The van der Waals surface area contributed by atoms with E-state index in [4.69, 9.17) is 9.47 Å². The van der Waals surface area contributed by atoms with Crippen LogP contribution < -0.4 is 0 Å². The molecule has 0 unspecified atom stereocenters. The molecule has 0 radical (unpaired) electrons. The van der Waals surface area contributed by atoms with Gasteiger partial charge in [-0.25, -0.2) is 9.59 Å². The summed E-state index contributed by atoms with van der Waals surface area (Å²) in [6.07, 6.45) is 6.39. The molecule has 1 rings (SSSR count). The first kappa shape index (κ1) is 16.5. The van der Waals surface area contributed by atoms with Gasteiger partial charge in [-0.05, 0) is 64.5 Å². The second-order valence-electron chi connectivity index (χ2n) is 5.52. The van der Waals surface area contributed by atoms with Crippen molar-refractivity contribution in [2.45, 2.75) is 65.6 Å². The van der Waals surface area contributed by atoms with Gasteiger partial charge in [-0.1, -0.05) is 0 Å². The average molecular weight is 280 g/mol. The maximum Gasteiger partial charge on any atom is 0.331 e. The summed E-state index contributed by atoms with van der Waals surface area (Å²) in [5.41, 5.74) is 1.78. The molecule has 0 aliphatic heterocycles. The minimum Gasteiger partial charge on any atom is -0.460 e. The topological polar surface area (TPSA) is 52.6 Å². The van der Waals surface area contributed by atoms with Crippen LogP contribution in [0.5, 0.6) is 0 Å². The summed E-state index contributed by atoms with van der Waals surface area (Å²) in [6.45, 7) is 7.25. The van der Waals surface area contributed by atoms with E-state index in [0.29, 0.717) is 0 Å². The number of esters is 2. The van der Waals surface area contributed by atoms with Crippen molar-refractivity contribution in [1.29, 1.82) is 0 Å². The lowest BCUT2D eigenvalue weighted by Crippen LogP contribution is -2.13. The molecule has 0 saturated heterocycles. The fraction of sp³-hybridized carbons (Fsp3) is 0.625. The Balaban J connectivity index is 2.81. The molecule has 112 valence electrons. The molecule has 0 aromatic carbocycles. The Hall–Kier alpha value is -1.58. The second-order valence-corrected chi connectivity index (χ2v) is 5.52. The molecule has 0 aromatic heterocycles. The highest BCUT2D eigenvalue weighted by Crippen LogP contribution is 2.28. The van der Waals surface area contributed by atoms with Crippen LogP contribution in [0.25, 0.3) is 0 Å². The van der Waals surface area contributed by atoms with Crippen molar-refractivity contribution in [3.05, 3.63) is 23.3 Å². The van der Waals surface area contributed by atoms with Gasteiger partial charge in [0.25, 0.3) is 0 Å². The highest BCUT2D eigenvalue weighted by molar-refractivity contribution is 5.87. The van der Waals surface area contributed by atoms with Gasteiger partial charge in [-0.3, -0.25) is 0 Å². The zero-order valence-electron chi connectivity index (χ0n) is 12.8. The Bertz CT molecular complexity index is 376. The molecule has 0 N–H and O–H groups in total. The fourth-order valence-corrected chi connectivity index (χ4v) is 2.10. The molecule has 4 nitrogen and oxygen atoms in total. The molecule has 0 heterocycles. The largest absolute Gasteiger partial charge is 0.460 e. The first-order valence-electron chi connectivity index (χ1n) is 7.21. The van der Waals surface area contributed by atoms with Crippen LogP contribution >= 0.6 is 0 Å². The molecular formula is C16H24O4. The Morgan fingerprint density at radius 3 is 1.50 bits per heavy atom. The van der Waals surface area contributed by atoms with Crippen LogP contribution in [0.1, 0.15) is 53.4 Å². The summed E-state index contributed by atoms with van der Waals surface area (Å²) < 4.78 is 10.2. The second kappa shape index (κ2) is 7.88. The van der Waals surface area contributed by atoms with Gasteiger partial charge in [0.05, 0.1) is 12.2 Å². The monoisotopic (exact) mass is 280 g/mol. The van der Waals surface area contributed by atoms with Crippen LogP contribution in [0.3, 0.4) is 0 Å².